The summed E-state index contributed by atoms with van der Waals surface area (Å²) in [6.45, 7) is 12.8. The minimum absolute atomic E-state index is 0.0359. The number of carbonyl (C=O) groups is 7. The summed E-state index contributed by atoms with van der Waals surface area (Å²) in [7, 11) is 2.85. The van der Waals surface area contributed by atoms with Gasteiger partial charge in [-0.3, -0.25) is 19.2 Å². The summed E-state index contributed by atoms with van der Waals surface area (Å²) in [5.41, 5.74) is 1.34. The molecule has 4 heterocycles. The third kappa shape index (κ3) is 12.2. The van der Waals surface area contributed by atoms with E-state index in [2.05, 4.69) is 29.1 Å². The van der Waals surface area contributed by atoms with Crippen LogP contribution in [-0.2, 0) is 30.4 Å². The second kappa shape index (κ2) is 25.0. The molecule has 7 amide bonds. The lowest BCUT2D eigenvalue weighted by Crippen LogP contribution is -2.60. The van der Waals surface area contributed by atoms with Crippen molar-refractivity contribution in [1.82, 2.24) is 20.4 Å². The molecule has 0 radical (unpaired) electrons. The maximum Gasteiger partial charge on any atom is 0.416 e. The Morgan fingerprint density at radius 3 is 1.63 bits per heavy atom. The predicted molar refractivity (Wildman–Crippen MR) is 274 cm³/mol. The molecule has 1 unspecified atom stereocenters. The van der Waals surface area contributed by atoms with Crippen LogP contribution >= 0.6 is 0 Å². The predicted octanol–water partition coefficient (Wildman–Crippen LogP) is 5.08. The fourth-order valence-electron chi connectivity index (χ4n) is 8.98. The number of methoxy groups -OCH3 is 2. The van der Waals surface area contributed by atoms with Gasteiger partial charge in [0.25, 0.3) is 11.8 Å². The lowest BCUT2D eigenvalue weighted by atomic mass is 10.0. The highest BCUT2D eigenvalue weighted by atomic mass is 16.6. The Bertz CT molecular complexity index is 2680. The van der Waals surface area contributed by atoms with Gasteiger partial charge in [-0.2, -0.15) is 0 Å². The fraction of sp³-hybridized carbons (Fsp3) is 0.453. The van der Waals surface area contributed by atoms with Gasteiger partial charge in [-0.1, -0.05) is 51.3 Å². The van der Waals surface area contributed by atoms with Gasteiger partial charge in [0.15, 0.2) is 35.5 Å². The number of unbranched alkanes of at least 4 members (excludes halogenated alkanes) is 2. The molecule has 4 aliphatic heterocycles. The first-order valence-corrected chi connectivity index (χ1v) is 25.0. The highest BCUT2D eigenvalue weighted by Crippen LogP contribution is 2.44. The van der Waals surface area contributed by atoms with Crippen LogP contribution in [0.15, 0.2) is 73.8 Å². The van der Waals surface area contributed by atoms with E-state index in [9.17, 15) is 43.8 Å². The summed E-state index contributed by atoms with van der Waals surface area (Å²) >= 11 is 0. The monoisotopic (exact) mass is 1060 g/mol. The number of aliphatic hydroxyl groups excluding tert-OH is 2. The normalized spacial score (nSPS) is 19.0. The van der Waals surface area contributed by atoms with E-state index in [0.29, 0.717) is 56.4 Å². The van der Waals surface area contributed by atoms with Crippen molar-refractivity contribution < 1.29 is 76.9 Å². The molecule has 0 spiro atoms. The van der Waals surface area contributed by atoms with Crippen LogP contribution < -0.4 is 44.7 Å². The Kier molecular flexibility index (Phi) is 18.3. The number of ether oxygens (including phenoxy) is 7. The van der Waals surface area contributed by atoms with Crippen molar-refractivity contribution in [3.8, 4) is 23.0 Å². The maximum absolute atomic E-state index is 14.0. The largest absolute Gasteiger partial charge is 0.493 e. The van der Waals surface area contributed by atoms with Crippen LogP contribution in [0.3, 0.4) is 0 Å². The molecule has 5 N–H and O–H groups in total. The number of nitrogens with one attached hydrogen (secondary N) is 3. The lowest BCUT2D eigenvalue weighted by molar-refractivity contribution is -0.128. The van der Waals surface area contributed by atoms with Crippen LogP contribution in [0, 0.1) is 5.92 Å². The average molecular weight is 1060 g/mol. The molecule has 4 aliphatic rings. The lowest BCUT2D eigenvalue weighted by Gasteiger charge is -2.43. The molecule has 6 atom stereocenters. The number of hydrogen-bond acceptors (Lipinski definition) is 16. The van der Waals surface area contributed by atoms with Gasteiger partial charge in [0.1, 0.15) is 31.9 Å². The Morgan fingerprint density at radius 2 is 1.17 bits per heavy atom. The number of nitrogens with zero attached hydrogens (tertiary/aromatic N) is 4. The first kappa shape index (κ1) is 55.7. The molecule has 23 heteroatoms. The van der Waals surface area contributed by atoms with Crippen molar-refractivity contribution in [2.45, 2.75) is 96.1 Å². The maximum atomic E-state index is 14.0. The molecular weight excluding hydrogens is 991 g/mol. The third-order valence-corrected chi connectivity index (χ3v) is 13.3. The summed E-state index contributed by atoms with van der Waals surface area (Å²) in [5, 5.41) is 30.7. The second-order valence-corrected chi connectivity index (χ2v) is 18.7. The van der Waals surface area contributed by atoms with Crippen LogP contribution in [0.4, 0.5) is 31.4 Å². The second-order valence-electron chi connectivity index (χ2n) is 18.7. The third-order valence-electron chi connectivity index (χ3n) is 13.3. The van der Waals surface area contributed by atoms with Crippen molar-refractivity contribution in [2.24, 2.45) is 5.92 Å². The number of carbonyl (C=O) groups excluding carboxylic acids is 7. The van der Waals surface area contributed by atoms with E-state index in [0.717, 1.165) is 9.80 Å². The topological polar surface area (TPSA) is 274 Å². The van der Waals surface area contributed by atoms with E-state index in [-0.39, 0.29) is 90.4 Å². The Labute approximate surface area is 439 Å². The van der Waals surface area contributed by atoms with Crippen molar-refractivity contribution >= 4 is 59.0 Å². The molecule has 0 saturated carbocycles. The SMILES string of the molecule is C=CCOC(=O)N[C@H](C(=O)N[C@@H](C)C(=O)Nc1ccc(COC(=O)N2c3cc(OCCCCCOc4cc5c(cc4OC)C(=O)N4CC[C@H]4C(O)N5C(=O)OCC=C)c(OC)cc3C(=O)N3CC[C@H]3[C@@H]2O)cc1)C(C)C. The molecule has 3 aromatic rings. The van der Waals surface area contributed by atoms with Gasteiger partial charge in [0.2, 0.25) is 11.8 Å². The van der Waals surface area contributed by atoms with Gasteiger partial charge in [0.05, 0.1) is 62.0 Å². The molecule has 0 bridgehead atoms. The first-order chi connectivity index (χ1) is 36.5. The van der Waals surface area contributed by atoms with Gasteiger partial charge >= 0.3 is 18.3 Å². The zero-order chi connectivity index (χ0) is 54.8. The zero-order valence-electron chi connectivity index (χ0n) is 43.1. The van der Waals surface area contributed by atoms with Crippen molar-refractivity contribution in [2.75, 3.05) is 68.9 Å². The molecule has 0 aromatic heterocycles. The highest BCUT2D eigenvalue weighted by Gasteiger charge is 2.49. The van der Waals surface area contributed by atoms with Crippen molar-refractivity contribution in [3.63, 3.8) is 0 Å². The summed E-state index contributed by atoms with van der Waals surface area (Å²) in [6, 6.07) is 9.06. The van der Waals surface area contributed by atoms with E-state index in [1.165, 1.54) is 67.4 Å². The molecule has 2 saturated heterocycles. The summed E-state index contributed by atoms with van der Waals surface area (Å²) in [4.78, 5) is 97.7. The van der Waals surface area contributed by atoms with Crippen LogP contribution in [-0.4, -0.2) is 152 Å². The molecule has 408 valence electrons. The number of amides is 7. The molecule has 0 aliphatic carbocycles. The van der Waals surface area contributed by atoms with Gasteiger partial charge in [0, 0.05) is 30.9 Å². The molecule has 76 heavy (non-hydrogen) atoms. The van der Waals surface area contributed by atoms with E-state index in [1.54, 1.807) is 38.1 Å². The number of benzene rings is 3. The van der Waals surface area contributed by atoms with E-state index in [1.807, 2.05) is 0 Å². The highest BCUT2D eigenvalue weighted by molar-refractivity contribution is 6.07. The number of fused-ring (bicyclic) bond motifs is 4. The number of aliphatic hydroxyl groups is 2. The molecular formula is C53H65N7O16. The van der Waals surface area contributed by atoms with Crippen LogP contribution in [0.2, 0.25) is 0 Å². The Hall–Kier alpha value is -8.05. The minimum Gasteiger partial charge on any atom is -0.493 e. The first-order valence-electron chi connectivity index (χ1n) is 25.0. The molecule has 2 fully saturated rings. The van der Waals surface area contributed by atoms with Gasteiger partial charge in [-0.25, -0.2) is 24.2 Å². The smallest absolute Gasteiger partial charge is 0.416 e. The fourth-order valence-corrected chi connectivity index (χ4v) is 8.98. The summed E-state index contributed by atoms with van der Waals surface area (Å²) in [6.07, 6.45) is 0.00993. The zero-order valence-corrected chi connectivity index (χ0v) is 43.1. The average Bonchev–Trinajstić information content (AvgIpc) is 3.47. The Morgan fingerprint density at radius 1 is 0.671 bits per heavy atom. The van der Waals surface area contributed by atoms with E-state index in [4.69, 9.17) is 33.2 Å². The molecule has 7 rings (SSSR count). The number of hydrogen-bond donors (Lipinski definition) is 5. The van der Waals surface area contributed by atoms with E-state index >= 15 is 0 Å². The minimum atomic E-state index is -1.46. The number of anilines is 3. The van der Waals surface area contributed by atoms with Crippen LogP contribution in [0.25, 0.3) is 0 Å². The van der Waals surface area contributed by atoms with Crippen molar-refractivity contribution in [1.29, 1.82) is 0 Å². The molecule has 23 nitrogen and oxygen atoms in total. The number of alkyl carbamates (subject to hydrolysis) is 1. The van der Waals surface area contributed by atoms with Crippen LogP contribution in [0.1, 0.15) is 79.2 Å². The van der Waals surface area contributed by atoms with Crippen molar-refractivity contribution in [3.05, 3.63) is 90.5 Å². The van der Waals surface area contributed by atoms with Gasteiger partial charge < -0.3 is 69.1 Å². The van der Waals surface area contributed by atoms with Crippen LogP contribution in [0.5, 0.6) is 23.0 Å². The Balaban J connectivity index is 0.951. The summed E-state index contributed by atoms with van der Waals surface area (Å²) in [5.74, 6) is -1.25. The van der Waals surface area contributed by atoms with E-state index < -0.39 is 72.6 Å². The van der Waals surface area contributed by atoms with Gasteiger partial charge in [-0.15, -0.1) is 0 Å². The quantitative estimate of drug-likeness (QED) is 0.0499. The molecule has 3 aromatic carbocycles. The standard InChI is InChI=1S/C53H65N7O16/c1-8-21-74-51(67)56-44(30(3)4)46(62)54-31(5)45(61)55-33-15-13-32(14-16-33)29-76-53(69)60-39-28-43(41(71-7)26-35(39)48(64)58-20-18-37(58)50(60)66)73-24-12-10-11-23-72-42-27-38-34(25-40(42)70-6)47(63)57-19-17-36(57)49(65)59(38)52(68)75-22-9-2/h8-9,13-16,25-28,30-31,36-37,44,49-50,65-66H,1-2,10-12,17-24,29H2,3-7H3,(H,54,62)(H,55,61)(H,56,67)/t31-,36-,37-,44-,49?,50-/m0/s1. The van der Waals surface area contributed by atoms with Gasteiger partial charge in [-0.05, 0) is 74.8 Å². The number of rotatable bonds is 22. The summed E-state index contributed by atoms with van der Waals surface area (Å²) < 4.78 is 39.4.